The number of benzene rings is 2. The number of aromatic nitrogens is 1. The molecule has 2 aromatic carbocycles. The molecule has 0 spiro atoms. The number of likely N-dealkylation sites (tertiary alicyclic amines) is 1. The van der Waals surface area contributed by atoms with Crippen molar-refractivity contribution in [3.8, 4) is 5.75 Å². The molecular weight excluding hydrogens is 360 g/mol. The summed E-state index contributed by atoms with van der Waals surface area (Å²) >= 11 is 0. The molecule has 0 aliphatic carbocycles. The summed E-state index contributed by atoms with van der Waals surface area (Å²) in [7, 11) is 3.62. The van der Waals surface area contributed by atoms with Crippen molar-refractivity contribution in [3.05, 3.63) is 78.0 Å². The minimum Gasteiger partial charge on any atom is -0.497 e. The van der Waals surface area contributed by atoms with Crippen LogP contribution in [-0.2, 0) is 13.6 Å². The molecule has 29 heavy (non-hydrogen) atoms. The average Bonchev–Trinajstić information content (AvgIpc) is 3.09. The van der Waals surface area contributed by atoms with Crippen molar-refractivity contribution in [2.75, 3.05) is 20.2 Å². The minimum atomic E-state index is 0.0653. The van der Waals surface area contributed by atoms with Gasteiger partial charge in [-0.25, -0.2) is 0 Å². The van der Waals surface area contributed by atoms with Crippen LogP contribution in [0.4, 0.5) is 0 Å². The Balaban J connectivity index is 1.39. The first-order valence-corrected chi connectivity index (χ1v) is 10.3. The first-order chi connectivity index (χ1) is 14.1. The molecule has 1 aromatic heterocycles. The fourth-order valence-corrected chi connectivity index (χ4v) is 4.15. The topological polar surface area (TPSA) is 34.5 Å². The highest BCUT2D eigenvalue weighted by molar-refractivity contribution is 6.13. The lowest BCUT2D eigenvalue weighted by Crippen LogP contribution is -2.32. The Kier molecular flexibility index (Phi) is 5.81. The molecular formula is C25H28N2O2. The number of rotatable bonds is 6. The molecule has 0 radical (unpaired) electrons. The van der Waals surface area contributed by atoms with Crippen LogP contribution in [0.1, 0.15) is 28.8 Å². The zero-order chi connectivity index (χ0) is 20.2. The molecule has 4 nitrogen and oxygen atoms in total. The van der Waals surface area contributed by atoms with Gasteiger partial charge in [0.15, 0.2) is 5.78 Å². The van der Waals surface area contributed by atoms with Crippen LogP contribution in [0.5, 0.6) is 5.75 Å². The Morgan fingerprint density at radius 1 is 1.14 bits per heavy atom. The van der Waals surface area contributed by atoms with Crippen LogP contribution in [-0.4, -0.2) is 35.4 Å². The lowest BCUT2D eigenvalue weighted by molar-refractivity contribution is 0.104. The van der Waals surface area contributed by atoms with E-state index in [1.165, 1.54) is 5.56 Å². The molecule has 0 atom stereocenters. The van der Waals surface area contributed by atoms with Gasteiger partial charge in [-0.2, -0.15) is 0 Å². The lowest BCUT2D eigenvalue weighted by Gasteiger charge is -2.30. The Morgan fingerprint density at radius 2 is 1.90 bits per heavy atom. The quantitative estimate of drug-likeness (QED) is 0.448. The Hall–Kier alpha value is -2.85. The standard InChI is InChI=1S/C25H28N2O2/c1-26-18-23(22-16-21(29-2)9-10-24(22)26)25(28)11-8-19-12-14-27(15-13-19)17-20-6-4-3-5-7-20/h3-11,16,18-19H,12-15,17H2,1-2H3/b11-8+. The number of carbonyl (C=O) groups is 1. The third kappa shape index (κ3) is 4.43. The lowest BCUT2D eigenvalue weighted by atomic mass is 9.95. The number of allylic oxidation sites excluding steroid dienone is 2. The fourth-order valence-electron chi connectivity index (χ4n) is 4.15. The van der Waals surface area contributed by atoms with Gasteiger partial charge in [0.1, 0.15) is 5.75 Å². The predicted molar refractivity (Wildman–Crippen MR) is 117 cm³/mol. The number of methoxy groups -OCH3 is 1. The maximum Gasteiger partial charge on any atom is 0.187 e. The number of ketones is 1. The molecule has 1 aliphatic heterocycles. The summed E-state index contributed by atoms with van der Waals surface area (Å²) in [6.07, 6.45) is 7.99. The highest BCUT2D eigenvalue weighted by atomic mass is 16.5. The van der Waals surface area contributed by atoms with Crippen molar-refractivity contribution in [2.24, 2.45) is 13.0 Å². The second-order valence-electron chi connectivity index (χ2n) is 7.86. The number of hydrogen-bond acceptors (Lipinski definition) is 3. The van der Waals surface area contributed by atoms with Gasteiger partial charge in [0.2, 0.25) is 0 Å². The summed E-state index contributed by atoms with van der Waals surface area (Å²) in [5.41, 5.74) is 3.14. The molecule has 150 valence electrons. The van der Waals surface area contributed by atoms with E-state index in [4.69, 9.17) is 4.74 Å². The molecule has 1 saturated heterocycles. The second-order valence-corrected chi connectivity index (χ2v) is 7.86. The van der Waals surface area contributed by atoms with E-state index in [0.29, 0.717) is 5.92 Å². The van der Waals surface area contributed by atoms with Gasteiger partial charge in [0, 0.05) is 36.3 Å². The fraction of sp³-hybridized carbons (Fsp3) is 0.320. The SMILES string of the molecule is COc1ccc2c(c1)c(C(=O)/C=C/C1CCN(Cc3ccccc3)CC1)cn2C. The zero-order valence-corrected chi connectivity index (χ0v) is 17.2. The largest absolute Gasteiger partial charge is 0.497 e. The highest BCUT2D eigenvalue weighted by Gasteiger charge is 2.18. The van der Waals surface area contributed by atoms with Crippen LogP contribution < -0.4 is 4.74 Å². The smallest absolute Gasteiger partial charge is 0.187 e. The average molecular weight is 389 g/mol. The minimum absolute atomic E-state index is 0.0653. The molecule has 0 N–H and O–H groups in total. The number of fused-ring (bicyclic) bond motifs is 1. The van der Waals surface area contributed by atoms with Gasteiger partial charge in [-0.1, -0.05) is 36.4 Å². The van der Waals surface area contributed by atoms with Crippen molar-refractivity contribution in [2.45, 2.75) is 19.4 Å². The molecule has 2 heterocycles. The third-order valence-electron chi connectivity index (χ3n) is 5.86. The van der Waals surface area contributed by atoms with Crippen LogP contribution >= 0.6 is 0 Å². The van der Waals surface area contributed by atoms with Crippen molar-refractivity contribution < 1.29 is 9.53 Å². The summed E-state index contributed by atoms with van der Waals surface area (Å²) in [6.45, 7) is 3.15. The Labute approximate surface area is 172 Å². The maximum atomic E-state index is 12.9. The summed E-state index contributed by atoms with van der Waals surface area (Å²) in [6, 6.07) is 16.5. The number of nitrogens with zero attached hydrogens (tertiary/aromatic N) is 2. The van der Waals surface area contributed by atoms with Gasteiger partial charge < -0.3 is 9.30 Å². The van der Waals surface area contributed by atoms with Crippen LogP contribution in [0, 0.1) is 5.92 Å². The zero-order valence-electron chi connectivity index (χ0n) is 17.2. The summed E-state index contributed by atoms with van der Waals surface area (Å²) in [4.78, 5) is 15.4. The maximum absolute atomic E-state index is 12.9. The molecule has 0 saturated carbocycles. The summed E-state index contributed by atoms with van der Waals surface area (Å²) in [5.74, 6) is 1.30. The number of piperidine rings is 1. The molecule has 0 amide bonds. The monoisotopic (exact) mass is 388 g/mol. The van der Waals surface area contributed by atoms with E-state index < -0.39 is 0 Å². The van der Waals surface area contributed by atoms with E-state index >= 15 is 0 Å². The first kappa shape index (κ1) is 19.5. The van der Waals surface area contributed by atoms with Gasteiger partial charge in [-0.3, -0.25) is 9.69 Å². The van der Waals surface area contributed by atoms with Crippen molar-refractivity contribution in [3.63, 3.8) is 0 Å². The summed E-state index contributed by atoms with van der Waals surface area (Å²) in [5, 5.41) is 0.944. The van der Waals surface area contributed by atoms with E-state index in [0.717, 1.165) is 54.7 Å². The van der Waals surface area contributed by atoms with E-state index in [1.54, 1.807) is 13.2 Å². The van der Waals surface area contributed by atoms with Crippen LogP contribution in [0.25, 0.3) is 10.9 Å². The number of ether oxygens (including phenoxy) is 1. The van der Waals surface area contributed by atoms with E-state index in [1.807, 2.05) is 36.0 Å². The van der Waals surface area contributed by atoms with E-state index in [2.05, 4.69) is 41.3 Å². The summed E-state index contributed by atoms with van der Waals surface area (Å²) < 4.78 is 7.33. The molecule has 4 heteroatoms. The van der Waals surface area contributed by atoms with E-state index in [-0.39, 0.29) is 5.78 Å². The highest BCUT2D eigenvalue weighted by Crippen LogP contribution is 2.26. The van der Waals surface area contributed by atoms with Gasteiger partial charge in [-0.15, -0.1) is 0 Å². The van der Waals surface area contributed by atoms with Crippen molar-refractivity contribution >= 4 is 16.7 Å². The van der Waals surface area contributed by atoms with E-state index in [9.17, 15) is 4.79 Å². The Bertz CT molecular complexity index is 1010. The van der Waals surface area contributed by atoms with Gasteiger partial charge in [0.05, 0.1) is 7.11 Å². The molecule has 1 fully saturated rings. The first-order valence-electron chi connectivity index (χ1n) is 10.3. The van der Waals surface area contributed by atoms with Crippen LogP contribution in [0.3, 0.4) is 0 Å². The second kappa shape index (κ2) is 8.66. The molecule has 1 aliphatic rings. The van der Waals surface area contributed by atoms with Crippen molar-refractivity contribution in [1.82, 2.24) is 9.47 Å². The number of hydrogen-bond donors (Lipinski definition) is 0. The van der Waals surface area contributed by atoms with Gasteiger partial charge >= 0.3 is 0 Å². The third-order valence-corrected chi connectivity index (χ3v) is 5.86. The molecule has 4 rings (SSSR count). The van der Waals surface area contributed by atoms with Gasteiger partial charge in [-0.05, 0) is 61.7 Å². The number of aryl methyl sites for hydroxylation is 1. The molecule has 0 bridgehead atoms. The van der Waals surface area contributed by atoms with Gasteiger partial charge in [0.25, 0.3) is 0 Å². The predicted octanol–water partition coefficient (Wildman–Crippen LogP) is 4.84. The normalized spacial score (nSPS) is 15.9. The number of carbonyl (C=O) groups excluding carboxylic acids is 1. The van der Waals surface area contributed by atoms with Crippen LogP contribution in [0.2, 0.25) is 0 Å². The molecule has 0 unspecified atom stereocenters. The van der Waals surface area contributed by atoms with Crippen molar-refractivity contribution in [1.29, 1.82) is 0 Å². The Morgan fingerprint density at radius 3 is 2.62 bits per heavy atom. The van der Waals surface area contributed by atoms with Crippen LogP contribution in [0.15, 0.2) is 66.9 Å². The molecule has 3 aromatic rings.